The summed E-state index contributed by atoms with van der Waals surface area (Å²) in [6.07, 6.45) is 2.94. The van der Waals surface area contributed by atoms with E-state index in [1.165, 1.54) is 0 Å². The van der Waals surface area contributed by atoms with Crippen molar-refractivity contribution < 1.29 is 14.9 Å². The average molecular weight is 190 g/mol. The Morgan fingerprint density at radius 3 is 1.85 bits per heavy atom. The minimum atomic E-state index is -0.403. The quantitative estimate of drug-likeness (QED) is 0.549. The molecule has 0 aliphatic rings. The molecule has 0 heterocycles. The van der Waals surface area contributed by atoms with Crippen molar-refractivity contribution in [3.8, 4) is 0 Å². The van der Waals surface area contributed by atoms with Crippen molar-refractivity contribution >= 4 is 5.78 Å². The first-order valence-electron chi connectivity index (χ1n) is 4.65. The first-order valence-corrected chi connectivity index (χ1v) is 4.65. The number of carbonyl (C=O) groups excluding carboxylic acids is 1. The van der Waals surface area contributed by atoms with Crippen molar-refractivity contribution in [1.82, 2.24) is 0 Å². The van der Waals surface area contributed by atoms with E-state index in [9.17, 15) is 4.79 Å². The Labute approximate surface area is 81.0 Å². The molecule has 0 atom stereocenters. The summed E-state index contributed by atoms with van der Waals surface area (Å²) in [4.78, 5) is 14.1. The molecule has 0 fully saturated rings. The molecule has 0 aliphatic carbocycles. The molecule has 13 heavy (non-hydrogen) atoms. The topological polar surface area (TPSA) is 46.5 Å². The maximum atomic E-state index is 10.2. The predicted octanol–water partition coefficient (Wildman–Crippen LogP) is 3.04. The third-order valence-corrected chi connectivity index (χ3v) is 1.16. The van der Waals surface area contributed by atoms with Crippen LogP contribution in [0.1, 0.15) is 53.9 Å². The number of ketones is 1. The summed E-state index contributed by atoms with van der Waals surface area (Å²) >= 11 is 0. The number of Topliss-reactive ketones (excluding diaryl/α,β-unsaturated/α-hetero) is 1. The minimum Gasteiger partial charge on any atom is -0.300 e. The van der Waals surface area contributed by atoms with E-state index >= 15 is 0 Å². The molecule has 1 N–H and O–H groups in total. The van der Waals surface area contributed by atoms with E-state index < -0.39 is 5.60 Å². The van der Waals surface area contributed by atoms with Gasteiger partial charge in [-0.1, -0.05) is 13.3 Å². The molecule has 0 aromatic heterocycles. The van der Waals surface area contributed by atoms with E-state index in [0.29, 0.717) is 5.78 Å². The third-order valence-electron chi connectivity index (χ3n) is 1.16. The van der Waals surface area contributed by atoms with Crippen LogP contribution in [0.4, 0.5) is 0 Å². The molecule has 0 rings (SSSR count). The number of unbranched alkanes of at least 4 members (excludes halogenated alkanes) is 1. The second kappa shape index (κ2) is 8.20. The highest BCUT2D eigenvalue weighted by molar-refractivity contribution is 5.75. The molecule has 80 valence electrons. The largest absolute Gasteiger partial charge is 0.300 e. The number of hydrogen-bond acceptors (Lipinski definition) is 3. The molecule has 0 radical (unpaired) electrons. The van der Waals surface area contributed by atoms with E-state index in [2.05, 4.69) is 11.8 Å². The van der Waals surface area contributed by atoms with Gasteiger partial charge in [0, 0.05) is 6.42 Å². The highest BCUT2D eigenvalue weighted by Crippen LogP contribution is 2.01. The minimum absolute atomic E-state index is 0.307. The Morgan fingerprint density at radius 2 is 1.77 bits per heavy atom. The van der Waals surface area contributed by atoms with Crippen molar-refractivity contribution in [2.75, 3.05) is 0 Å². The van der Waals surface area contributed by atoms with Gasteiger partial charge in [-0.05, 0) is 34.1 Å². The van der Waals surface area contributed by atoms with E-state index in [-0.39, 0.29) is 0 Å². The van der Waals surface area contributed by atoms with Crippen LogP contribution in [0, 0.1) is 0 Å². The lowest BCUT2D eigenvalue weighted by Crippen LogP contribution is -2.15. The maximum Gasteiger partial charge on any atom is 0.129 e. The Balaban J connectivity index is 0. The normalized spacial score (nSPS) is 10.3. The van der Waals surface area contributed by atoms with Crippen LogP contribution in [0.25, 0.3) is 0 Å². The van der Waals surface area contributed by atoms with Crippen LogP contribution in [0.5, 0.6) is 0 Å². The van der Waals surface area contributed by atoms with Gasteiger partial charge in [-0.2, -0.15) is 0 Å². The summed E-state index contributed by atoms with van der Waals surface area (Å²) in [6, 6.07) is 0. The summed E-state index contributed by atoms with van der Waals surface area (Å²) in [5, 5.41) is 7.90. The molecule has 0 amide bonds. The zero-order valence-electron chi connectivity index (χ0n) is 9.39. The van der Waals surface area contributed by atoms with Gasteiger partial charge in [-0.3, -0.25) is 5.26 Å². The first kappa shape index (κ1) is 15.1. The number of carbonyl (C=O) groups is 1. The summed E-state index contributed by atoms with van der Waals surface area (Å²) in [6.45, 7) is 9.03. The molecule has 0 aromatic rings. The van der Waals surface area contributed by atoms with Gasteiger partial charge >= 0.3 is 0 Å². The summed E-state index contributed by atoms with van der Waals surface area (Å²) < 4.78 is 0. The van der Waals surface area contributed by atoms with E-state index in [4.69, 9.17) is 5.26 Å². The predicted molar refractivity (Wildman–Crippen MR) is 53.7 cm³/mol. The standard InChI is InChI=1S/C6H12O.C4H10O2/c1-3-4-5-6(2)7;1-4(2,3)6-5/h3-5H2,1-2H3;5H,1-3H3. The van der Waals surface area contributed by atoms with Gasteiger partial charge in [-0.25, -0.2) is 4.89 Å². The van der Waals surface area contributed by atoms with Crippen LogP contribution >= 0.6 is 0 Å². The third kappa shape index (κ3) is 24.5. The van der Waals surface area contributed by atoms with Crippen LogP contribution in [0.3, 0.4) is 0 Å². The van der Waals surface area contributed by atoms with Crippen LogP contribution in [-0.4, -0.2) is 16.6 Å². The van der Waals surface area contributed by atoms with Crippen molar-refractivity contribution in [3.63, 3.8) is 0 Å². The molecule has 0 aromatic carbocycles. The average Bonchev–Trinajstić information content (AvgIpc) is 2.01. The molecule has 3 heteroatoms. The van der Waals surface area contributed by atoms with Gasteiger partial charge in [0.15, 0.2) is 0 Å². The molecule has 0 bridgehead atoms. The maximum absolute atomic E-state index is 10.2. The van der Waals surface area contributed by atoms with Gasteiger partial charge in [0.05, 0.1) is 5.60 Å². The Morgan fingerprint density at radius 1 is 1.38 bits per heavy atom. The SMILES string of the molecule is CC(C)(C)OO.CCCCC(C)=O. The van der Waals surface area contributed by atoms with Gasteiger partial charge in [-0.15, -0.1) is 0 Å². The molecule has 3 nitrogen and oxygen atoms in total. The second-order valence-electron chi connectivity index (χ2n) is 4.01. The Bertz CT molecular complexity index is 125. The zero-order chi connectivity index (χ0) is 10.9. The molecule has 0 saturated carbocycles. The van der Waals surface area contributed by atoms with Gasteiger partial charge in [0.2, 0.25) is 0 Å². The highest BCUT2D eigenvalue weighted by Gasteiger charge is 2.06. The van der Waals surface area contributed by atoms with Crippen molar-refractivity contribution in [2.24, 2.45) is 0 Å². The number of hydrogen-bond donors (Lipinski definition) is 1. The van der Waals surface area contributed by atoms with Crippen LogP contribution in [0.15, 0.2) is 0 Å². The van der Waals surface area contributed by atoms with Gasteiger partial charge in [0.1, 0.15) is 5.78 Å². The summed E-state index contributed by atoms with van der Waals surface area (Å²) in [7, 11) is 0. The highest BCUT2D eigenvalue weighted by atomic mass is 17.1. The summed E-state index contributed by atoms with van der Waals surface area (Å²) in [5.74, 6) is 0.307. The monoisotopic (exact) mass is 190 g/mol. The lowest BCUT2D eigenvalue weighted by molar-refractivity contribution is -0.306. The van der Waals surface area contributed by atoms with Gasteiger partial charge in [0.25, 0.3) is 0 Å². The lowest BCUT2D eigenvalue weighted by Gasteiger charge is -2.10. The Hall–Kier alpha value is -0.410. The molecular weight excluding hydrogens is 168 g/mol. The Kier molecular flexibility index (Phi) is 9.51. The second-order valence-corrected chi connectivity index (χ2v) is 4.01. The molecule has 0 saturated heterocycles. The van der Waals surface area contributed by atoms with Crippen LogP contribution < -0.4 is 0 Å². The van der Waals surface area contributed by atoms with Crippen molar-refractivity contribution in [1.29, 1.82) is 0 Å². The van der Waals surface area contributed by atoms with E-state index in [1.807, 2.05) is 0 Å². The van der Waals surface area contributed by atoms with E-state index in [0.717, 1.165) is 19.3 Å². The summed E-state index contributed by atoms with van der Waals surface area (Å²) in [5.41, 5.74) is -0.403. The number of rotatable bonds is 3. The van der Waals surface area contributed by atoms with Crippen LogP contribution in [0.2, 0.25) is 0 Å². The molecular formula is C10H22O3. The van der Waals surface area contributed by atoms with E-state index in [1.54, 1.807) is 27.7 Å². The molecule has 0 unspecified atom stereocenters. The molecule has 0 aliphatic heterocycles. The fourth-order valence-electron chi connectivity index (χ4n) is 0.426. The molecule has 0 spiro atoms. The van der Waals surface area contributed by atoms with Crippen molar-refractivity contribution in [2.45, 2.75) is 59.5 Å². The van der Waals surface area contributed by atoms with Crippen LogP contribution in [-0.2, 0) is 9.68 Å². The fourth-order valence-corrected chi connectivity index (χ4v) is 0.426. The zero-order valence-corrected chi connectivity index (χ0v) is 9.39. The fraction of sp³-hybridized carbons (Fsp3) is 0.900. The first-order chi connectivity index (χ1) is 5.83. The smallest absolute Gasteiger partial charge is 0.129 e. The van der Waals surface area contributed by atoms with Crippen molar-refractivity contribution in [3.05, 3.63) is 0 Å². The van der Waals surface area contributed by atoms with Gasteiger partial charge < -0.3 is 4.79 Å². The lowest BCUT2D eigenvalue weighted by atomic mass is 10.2.